The van der Waals surface area contributed by atoms with E-state index < -0.39 is 0 Å². The number of ether oxygens (including phenoxy) is 1. The molecular weight excluding hydrogens is 256 g/mol. The largest absolute Gasteiger partial charge is 0.479 e. The fourth-order valence-corrected chi connectivity index (χ4v) is 2.31. The maximum absolute atomic E-state index is 6.05. The molecule has 7 heteroatoms. The molecule has 1 saturated heterocycles. The molecule has 0 saturated carbocycles. The van der Waals surface area contributed by atoms with Gasteiger partial charge in [0.2, 0.25) is 5.88 Å². The molecule has 0 unspecified atom stereocenters. The second kappa shape index (κ2) is 6.71. The number of anilines is 2. The van der Waals surface area contributed by atoms with E-state index in [2.05, 4.69) is 38.8 Å². The van der Waals surface area contributed by atoms with Crippen molar-refractivity contribution in [2.24, 2.45) is 0 Å². The number of nitrogen functional groups attached to an aromatic ring is 1. The Morgan fingerprint density at radius 2 is 1.95 bits per heavy atom. The quantitative estimate of drug-likeness (QED) is 0.797. The van der Waals surface area contributed by atoms with Crippen LogP contribution in [0.2, 0.25) is 0 Å². The molecule has 7 nitrogen and oxygen atoms in total. The lowest BCUT2D eigenvalue weighted by Gasteiger charge is -2.36. The zero-order valence-corrected chi connectivity index (χ0v) is 12.5. The van der Waals surface area contributed by atoms with E-state index >= 15 is 0 Å². The lowest BCUT2D eigenvalue weighted by Crippen LogP contribution is -2.48. The standard InChI is InChI=1S/C13H24N6O/c1-17(2)4-5-18-6-8-19(9-7-18)12-11(14)13(20-3)16-10-15-12/h10H,4-9,14H2,1-3H3. The molecule has 1 aliphatic rings. The number of likely N-dealkylation sites (N-methyl/N-ethyl adjacent to an activating group) is 1. The maximum Gasteiger partial charge on any atom is 0.242 e. The Morgan fingerprint density at radius 1 is 1.25 bits per heavy atom. The van der Waals surface area contributed by atoms with E-state index in [9.17, 15) is 0 Å². The highest BCUT2D eigenvalue weighted by atomic mass is 16.5. The predicted molar refractivity (Wildman–Crippen MR) is 80.2 cm³/mol. The smallest absolute Gasteiger partial charge is 0.242 e. The Bertz CT molecular complexity index is 431. The Labute approximate surface area is 120 Å². The fraction of sp³-hybridized carbons (Fsp3) is 0.692. The van der Waals surface area contributed by atoms with Gasteiger partial charge in [0.15, 0.2) is 5.82 Å². The van der Waals surface area contributed by atoms with Gasteiger partial charge in [0.05, 0.1) is 7.11 Å². The first-order chi connectivity index (χ1) is 9.61. The number of rotatable bonds is 5. The van der Waals surface area contributed by atoms with Gasteiger partial charge in [-0.05, 0) is 14.1 Å². The highest BCUT2D eigenvalue weighted by Gasteiger charge is 2.21. The van der Waals surface area contributed by atoms with Crippen LogP contribution in [-0.2, 0) is 0 Å². The summed E-state index contributed by atoms with van der Waals surface area (Å²) in [5, 5.41) is 0. The summed E-state index contributed by atoms with van der Waals surface area (Å²) in [7, 11) is 5.77. The van der Waals surface area contributed by atoms with Crippen molar-refractivity contribution in [3.63, 3.8) is 0 Å². The van der Waals surface area contributed by atoms with Crippen molar-refractivity contribution in [2.45, 2.75) is 0 Å². The third kappa shape index (κ3) is 3.49. The number of aromatic nitrogens is 2. The van der Waals surface area contributed by atoms with E-state index in [-0.39, 0.29) is 0 Å². The van der Waals surface area contributed by atoms with Crippen LogP contribution in [0.15, 0.2) is 6.33 Å². The lowest BCUT2D eigenvalue weighted by molar-refractivity contribution is 0.229. The molecule has 2 rings (SSSR count). The molecule has 0 spiro atoms. The Morgan fingerprint density at radius 3 is 2.55 bits per heavy atom. The molecule has 0 radical (unpaired) electrons. The first kappa shape index (κ1) is 14.8. The number of piperazine rings is 1. The molecule has 0 amide bonds. The minimum absolute atomic E-state index is 0.449. The third-order valence-corrected chi connectivity index (χ3v) is 3.55. The molecule has 20 heavy (non-hydrogen) atoms. The summed E-state index contributed by atoms with van der Waals surface area (Å²) in [6.07, 6.45) is 1.50. The van der Waals surface area contributed by atoms with Gasteiger partial charge >= 0.3 is 0 Å². The van der Waals surface area contributed by atoms with Crippen LogP contribution >= 0.6 is 0 Å². The van der Waals surface area contributed by atoms with Crippen molar-refractivity contribution in [3.05, 3.63) is 6.33 Å². The van der Waals surface area contributed by atoms with Crippen LogP contribution in [0.5, 0.6) is 5.88 Å². The number of hydrogen-bond acceptors (Lipinski definition) is 7. The topological polar surface area (TPSA) is 70.8 Å². The Balaban J connectivity index is 1.94. The molecule has 0 aromatic carbocycles. The fourth-order valence-electron chi connectivity index (χ4n) is 2.31. The average molecular weight is 280 g/mol. The van der Waals surface area contributed by atoms with Gasteiger partial charge < -0.3 is 20.3 Å². The van der Waals surface area contributed by atoms with Crippen molar-refractivity contribution in [3.8, 4) is 5.88 Å². The molecule has 1 aromatic heterocycles. The summed E-state index contributed by atoms with van der Waals surface area (Å²) >= 11 is 0. The van der Waals surface area contributed by atoms with Crippen molar-refractivity contribution in [1.82, 2.24) is 19.8 Å². The highest BCUT2D eigenvalue weighted by molar-refractivity contribution is 5.67. The SMILES string of the molecule is COc1ncnc(N2CCN(CCN(C)C)CC2)c1N. The molecule has 1 aromatic rings. The van der Waals surface area contributed by atoms with Gasteiger partial charge in [0.1, 0.15) is 12.0 Å². The van der Waals surface area contributed by atoms with Gasteiger partial charge in [-0.2, -0.15) is 4.98 Å². The lowest BCUT2D eigenvalue weighted by atomic mass is 10.3. The molecule has 1 aliphatic heterocycles. The van der Waals surface area contributed by atoms with E-state index in [1.165, 1.54) is 6.33 Å². The van der Waals surface area contributed by atoms with Crippen LogP contribution in [-0.4, -0.2) is 80.2 Å². The van der Waals surface area contributed by atoms with Crippen molar-refractivity contribution in [1.29, 1.82) is 0 Å². The summed E-state index contributed by atoms with van der Waals surface area (Å²) < 4.78 is 5.14. The Kier molecular flexibility index (Phi) is 4.97. The van der Waals surface area contributed by atoms with Crippen LogP contribution in [0.1, 0.15) is 0 Å². The van der Waals surface area contributed by atoms with Crippen LogP contribution < -0.4 is 15.4 Å². The van der Waals surface area contributed by atoms with E-state index in [1.54, 1.807) is 7.11 Å². The van der Waals surface area contributed by atoms with Gasteiger partial charge in [-0.15, -0.1) is 0 Å². The van der Waals surface area contributed by atoms with E-state index in [0.717, 1.165) is 45.1 Å². The second-order valence-corrected chi connectivity index (χ2v) is 5.25. The number of hydrogen-bond donors (Lipinski definition) is 1. The first-order valence-corrected chi connectivity index (χ1v) is 6.88. The molecular formula is C13H24N6O. The molecule has 0 bridgehead atoms. The molecule has 1 fully saturated rings. The summed E-state index contributed by atoms with van der Waals surface area (Å²) in [5.41, 5.74) is 6.57. The molecule has 2 heterocycles. The van der Waals surface area contributed by atoms with Gasteiger partial charge in [0, 0.05) is 39.3 Å². The van der Waals surface area contributed by atoms with E-state index in [4.69, 9.17) is 10.5 Å². The van der Waals surface area contributed by atoms with Crippen LogP contribution in [0, 0.1) is 0 Å². The van der Waals surface area contributed by atoms with Crippen molar-refractivity contribution < 1.29 is 4.74 Å². The summed E-state index contributed by atoms with van der Waals surface area (Å²) in [4.78, 5) is 15.2. The minimum Gasteiger partial charge on any atom is -0.479 e. The maximum atomic E-state index is 6.05. The van der Waals surface area contributed by atoms with Crippen molar-refractivity contribution in [2.75, 3.05) is 71.1 Å². The summed E-state index contributed by atoms with van der Waals surface area (Å²) in [6, 6.07) is 0. The van der Waals surface area contributed by atoms with E-state index in [0.29, 0.717) is 11.6 Å². The van der Waals surface area contributed by atoms with Gasteiger partial charge in [-0.3, -0.25) is 4.90 Å². The monoisotopic (exact) mass is 280 g/mol. The van der Waals surface area contributed by atoms with E-state index in [1.807, 2.05) is 0 Å². The van der Waals surface area contributed by atoms with Gasteiger partial charge in [-0.25, -0.2) is 4.98 Å². The molecule has 112 valence electrons. The second-order valence-electron chi connectivity index (χ2n) is 5.25. The number of nitrogens with two attached hydrogens (primary N) is 1. The van der Waals surface area contributed by atoms with Gasteiger partial charge in [0.25, 0.3) is 0 Å². The number of nitrogens with zero attached hydrogens (tertiary/aromatic N) is 5. The van der Waals surface area contributed by atoms with Crippen LogP contribution in [0.25, 0.3) is 0 Å². The summed E-state index contributed by atoms with van der Waals surface area (Å²) in [6.45, 7) is 6.10. The summed E-state index contributed by atoms with van der Waals surface area (Å²) in [5.74, 6) is 1.23. The van der Waals surface area contributed by atoms with Gasteiger partial charge in [-0.1, -0.05) is 0 Å². The molecule has 0 atom stereocenters. The molecule has 0 aliphatic carbocycles. The normalized spacial score (nSPS) is 16.7. The average Bonchev–Trinajstić information content (AvgIpc) is 2.46. The minimum atomic E-state index is 0.449. The molecule has 2 N–H and O–H groups in total. The predicted octanol–water partition coefficient (Wildman–Crippen LogP) is -0.249. The van der Waals surface area contributed by atoms with Crippen LogP contribution in [0.4, 0.5) is 11.5 Å². The zero-order valence-electron chi connectivity index (χ0n) is 12.5. The highest BCUT2D eigenvalue weighted by Crippen LogP contribution is 2.27. The van der Waals surface area contributed by atoms with Crippen molar-refractivity contribution >= 4 is 11.5 Å². The number of methoxy groups -OCH3 is 1. The third-order valence-electron chi connectivity index (χ3n) is 3.55. The van der Waals surface area contributed by atoms with Crippen LogP contribution in [0.3, 0.4) is 0 Å². The first-order valence-electron chi connectivity index (χ1n) is 6.88. The zero-order chi connectivity index (χ0) is 14.5. The Hall–Kier alpha value is -1.60.